The Morgan fingerprint density at radius 2 is 2.00 bits per heavy atom. The summed E-state index contributed by atoms with van der Waals surface area (Å²) >= 11 is 0. The Hall–Kier alpha value is -1.08. The van der Waals surface area contributed by atoms with Crippen molar-refractivity contribution in [2.75, 3.05) is 0 Å². The van der Waals surface area contributed by atoms with Crippen molar-refractivity contribution in [3.8, 4) is 0 Å². The van der Waals surface area contributed by atoms with Gasteiger partial charge in [0, 0.05) is 11.1 Å². The number of rotatable bonds is 7. The SMILES string of the molecule is C=C(CCCC(C)(C)NS(=O)(=O)C1=CCC(C)C=C1)C(F)(F)F. The Labute approximate surface area is 136 Å². The van der Waals surface area contributed by atoms with Crippen molar-refractivity contribution < 1.29 is 21.6 Å². The number of sulfonamides is 1. The lowest BCUT2D eigenvalue weighted by molar-refractivity contribution is -0.0938. The predicted molar refractivity (Wildman–Crippen MR) is 86.2 cm³/mol. The highest BCUT2D eigenvalue weighted by molar-refractivity contribution is 7.93. The van der Waals surface area contributed by atoms with Gasteiger partial charge in [0.2, 0.25) is 10.0 Å². The van der Waals surface area contributed by atoms with Crippen molar-refractivity contribution in [2.45, 2.75) is 58.2 Å². The molecule has 0 heterocycles. The van der Waals surface area contributed by atoms with Crippen molar-refractivity contribution in [1.29, 1.82) is 0 Å². The molecule has 1 rings (SSSR count). The average molecular weight is 351 g/mol. The minimum atomic E-state index is -4.39. The van der Waals surface area contributed by atoms with Gasteiger partial charge in [-0.25, -0.2) is 13.1 Å². The maximum atomic E-state index is 12.4. The Bertz CT molecular complexity index is 601. The molecule has 132 valence electrons. The molecule has 0 aliphatic heterocycles. The number of halogens is 3. The summed E-state index contributed by atoms with van der Waals surface area (Å²) < 4.78 is 64.4. The van der Waals surface area contributed by atoms with E-state index < -0.39 is 27.3 Å². The van der Waals surface area contributed by atoms with Gasteiger partial charge in [0.1, 0.15) is 0 Å². The lowest BCUT2D eigenvalue weighted by atomic mass is 9.97. The van der Waals surface area contributed by atoms with E-state index in [4.69, 9.17) is 0 Å². The van der Waals surface area contributed by atoms with E-state index in [2.05, 4.69) is 11.3 Å². The van der Waals surface area contributed by atoms with Gasteiger partial charge in [-0.2, -0.15) is 13.2 Å². The summed E-state index contributed by atoms with van der Waals surface area (Å²) in [5.74, 6) is 0.301. The third-order valence-corrected chi connectivity index (χ3v) is 5.43. The molecule has 3 nitrogen and oxygen atoms in total. The normalized spacial score (nSPS) is 19.6. The van der Waals surface area contributed by atoms with E-state index in [0.29, 0.717) is 12.3 Å². The summed E-state index contributed by atoms with van der Waals surface area (Å²) in [7, 11) is -3.66. The first kappa shape index (κ1) is 20.0. The smallest absolute Gasteiger partial charge is 0.207 e. The molecule has 0 radical (unpaired) electrons. The third-order valence-electron chi connectivity index (χ3n) is 3.68. The number of hydrogen-bond donors (Lipinski definition) is 1. The minimum absolute atomic E-state index is 0.200. The second-order valence-corrected chi connectivity index (χ2v) is 8.31. The van der Waals surface area contributed by atoms with Crippen LogP contribution in [0.1, 0.15) is 46.5 Å². The lowest BCUT2D eigenvalue weighted by Crippen LogP contribution is -2.43. The highest BCUT2D eigenvalue weighted by atomic mass is 32.2. The van der Waals surface area contributed by atoms with Gasteiger partial charge in [-0.15, -0.1) is 0 Å². The van der Waals surface area contributed by atoms with Crippen LogP contribution in [-0.2, 0) is 10.0 Å². The van der Waals surface area contributed by atoms with E-state index in [-0.39, 0.29) is 24.2 Å². The van der Waals surface area contributed by atoms with Crippen LogP contribution in [0.15, 0.2) is 35.3 Å². The van der Waals surface area contributed by atoms with Crippen LogP contribution in [0.5, 0.6) is 0 Å². The predicted octanol–water partition coefficient (Wildman–Crippen LogP) is 4.45. The van der Waals surface area contributed by atoms with Gasteiger partial charge in [0.15, 0.2) is 0 Å². The van der Waals surface area contributed by atoms with E-state index in [1.54, 1.807) is 26.0 Å². The zero-order valence-corrected chi connectivity index (χ0v) is 14.5. The summed E-state index contributed by atoms with van der Waals surface area (Å²) in [6.07, 6.45) is 1.61. The second kappa shape index (κ2) is 7.21. The van der Waals surface area contributed by atoms with E-state index >= 15 is 0 Å². The summed E-state index contributed by atoms with van der Waals surface area (Å²) in [5, 5.41) is 0. The molecule has 1 aliphatic rings. The van der Waals surface area contributed by atoms with E-state index in [9.17, 15) is 21.6 Å². The molecule has 1 N–H and O–H groups in total. The summed E-state index contributed by atoms with van der Waals surface area (Å²) in [6, 6.07) is 0. The van der Waals surface area contributed by atoms with Crippen LogP contribution in [0.25, 0.3) is 0 Å². The lowest BCUT2D eigenvalue weighted by Gasteiger charge is -2.27. The van der Waals surface area contributed by atoms with Crippen molar-refractivity contribution in [2.24, 2.45) is 5.92 Å². The molecule has 1 aliphatic carbocycles. The van der Waals surface area contributed by atoms with Crippen molar-refractivity contribution >= 4 is 10.0 Å². The molecule has 0 bridgehead atoms. The molecule has 0 saturated carbocycles. The first-order valence-corrected chi connectivity index (χ1v) is 8.99. The Kier molecular flexibility index (Phi) is 6.26. The van der Waals surface area contributed by atoms with Crippen LogP contribution >= 0.6 is 0 Å². The average Bonchev–Trinajstić information content (AvgIpc) is 2.36. The van der Waals surface area contributed by atoms with E-state index in [0.717, 1.165) is 0 Å². The molecule has 7 heteroatoms. The van der Waals surface area contributed by atoms with Gasteiger partial charge < -0.3 is 0 Å². The molecule has 23 heavy (non-hydrogen) atoms. The molecule has 0 aromatic carbocycles. The molecule has 0 amide bonds. The topological polar surface area (TPSA) is 46.2 Å². The van der Waals surface area contributed by atoms with Gasteiger partial charge in [-0.3, -0.25) is 0 Å². The van der Waals surface area contributed by atoms with E-state index in [1.807, 2.05) is 13.0 Å². The van der Waals surface area contributed by atoms with Crippen LogP contribution in [0.2, 0.25) is 0 Å². The molecular formula is C16H24F3NO2S. The number of nitrogens with one attached hydrogen (secondary N) is 1. The van der Waals surface area contributed by atoms with Crippen molar-refractivity contribution in [3.05, 3.63) is 35.3 Å². The van der Waals surface area contributed by atoms with Gasteiger partial charge in [-0.1, -0.05) is 25.7 Å². The summed E-state index contributed by atoms with van der Waals surface area (Å²) in [4.78, 5) is 0.211. The van der Waals surface area contributed by atoms with Crippen LogP contribution < -0.4 is 4.72 Å². The number of alkyl halides is 3. The quantitative estimate of drug-likeness (QED) is 0.689. The van der Waals surface area contributed by atoms with Crippen LogP contribution in [0.4, 0.5) is 13.2 Å². The molecule has 0 spiro atoms. The maximum absolute atomic E-state index is 12.4. The van der Waals surface area contributed by atoms with Crippen LogP contribution in [0.3, 0.4) is 0 Å². The van der Waals surface area contributed by atoms with Gasteiger partial charge in [0.05, 0.1) is 4.91 Å². The third kappa shape index (κ3) is 6.51. The van der Waals surface area contributed by atoms with Crippen LogP contribution in [0, 0.1) is 5.92 Å². The molecule has 0 aromatic heterocycles. The summed E-state index contributed by atoms with van der Waals surface area (Å²) in [5.41, 5.74) is -1.62. The minimum Gasteiger partial charge on any atom is -0.207 e. The highest BCUT2D eigenvalue weighted by Crippen LogP contribution is 2.29. The fraction of sp³-hybridized carbons (Fsp3) is 0.625. The highest BCUT2D eigenvalue weighted by Gasteiger charge is 2.32. The zero-order chi connectivity index (χ0) is 17.9. The maximum Gasteiger partial charge on any atom is 0.412 e. The number of hydrogen-bond acceptors (Lipinski definition) is 2. The Morgan fingerprint density at radius 1 is 1.39 bits per heavy atom. The zero-order valence-electron chi connectivity index (χ0n) is 13.7. The Morgan fingerprint density at radius 3 is 2.48 bits per heavy atom. The standard InChI is InChI=1S/C16H24F3NO2S/c1-12-7-9-14(10-8-12)23(21,22)20-15(3,4)11-5-6-13(2)16(17,18)19/h7,9-10,12,20H,2,5-6,8,11H2,1,3-4H3. The molecule has 0 fully saturated rings. The van der Waals surface area contributed by atoms with Crippen LogP contribution in [-0.4, -0.2) is 20.1 Å². The van der Waals surface area contributed by atoms with Crippen molar-refractivity contribution in [3.63, 3.8) is 0 Å². The van der Waals surface area contributed by atoms with E-state index in [1.165, 1.54) is 0 Å². The fourth-order valence-corrected chi connectivity index (χ4v) is 3.79. The molecule has 0 saturated heterocycles. The summed E-state index contributed by atoms with van der Waals surface area (Å²) in [6.45, 7) is 8.33. The second-order valence-electron chi connectivity index (χ2n) is 6.62. The molecule has 1 atom stereocenters. The van der Waals surface area contributed by atoms with Gasteiger partial charge in [-0.05, 0) is 51.5 Å². The monoisotopic (exact) mass is 351 g/mol. The molecule has 1 unspecified atom stereocenters. The first-order chi connectivity index (χ1) is 10.3. The number of allylic oxidation sites excluding steroid dienone is 4. The van der Waals surface area contributed by atoms with Gasteiger partial charge in [0.25, 0.3) is 0 Å². The first-order valence-electron chi connectivity index (χ1n) is 7.51. The molecular weight excluding hydrogens is 327 g/mol. The largest absolute Gasteiger partial charge is 0.412 e. The Balaban J connectivity index is 2.61. The molecule has 0 aromatic rings. The van der Waals surface area contributed by atoms with Crippen molar-refractivity contribution in [1.82, 2.24) is 4.72 Å². The fourth-order valence-electron chi connectivity index (χ4n) is 2.27. The van der Waals surface area contributed by atoms with Gasteiger partial charge >= 0.3 is 6.18 Å².